The van der Waals surface area contributed by atoms with Gasteiger partial charge in [0.05, 0.1) is 12.8 Å². The zero-order chi connectivity index (χ0) is 19.5. The first-order chi connectivity index (χ1) is 12.1. The van der Waals surface area contributed by atoms with Gasteiger partial charge in [0.2, 0.25) is 0 Å². The number of methoxy groups -OCH3 is 1. The molecule has 0 N–H and O–H groups in total. The fourth-order valence-electron chi connectivity index (χ4n) is 3.13. The van der Waals surface area contributed by atoms with Crippen LogP contribution in [0.3, 0.4) is 0 Å². The van der Waals surface area contributed by atoms with Crippen molar-refractivity contribution in [3.05, 3.63) is 15.8 Å². The Morgan fingerprint density at radius 1 is 1.31 bits per heavy atom. The Hall–Kier alpha value is -1.76. The van der Waals surface area contributed by atoms with Crippen molar-refractivity contribution in [2.24, 2.45) is 5.92 Å². The van der Waals surface area contributed by atoms with Crippen LogP contribution in [0.2, 0.25) is 0 Å². The monoisotopic (exact) mass is 382 g/mol. The third kappa shape index (κ3) is 5.37. The number of piperidine rings is 1. The molecule has 146 valence electrons. The van der Waals surface area contributed by atoms with Gasteiger partial charge in [-0.15, -0.1) is 11.3 Å². The van der Waals surface area contributed by atoms with Crippen LogP contribution in [0.25, 0.3) is 0 Å². The lowest BCUT2D eigenvalue weighted by molar-refractivity contribution is 0.0186. The molecule has 6 nitrogen and oxygen atoms in total. The van der Waals surface area contributed by atoms with E-state index in [2.05, 4.69) is 4.90 Å². The minimum atomic E-state index is -0.463. The summed E-state index contributed by atoms with van der Waals surface area (Å²) in [6.45, 7) is 9.91. The Kier molecular flexibility index (Phi) is 6.55. The highest BCUT2D eigenvalue weighted by atomic mass is 32.1. The minimum absolute atomic E-state index is 0.231. The Bertz CT molecular complexity index is 642. The lowest BCUT2D eigenvalue weighted by Crippen LogP contribution is -2.43. The van der Waals surface area contributed by atoms with Crippen molar-refractivity contribution in [2.45, 2.75) is 46.1 Å². The average Bonchev–Trinajstić information content (AvgIpc) is 2.95. The van der Waals surface area contributed by atoms with E-state index >= 15 is 0 Å². The van der Waals surface area contributed by atoms with Gasteiger partial charge in [-0.1, -0.05) is 0 Å². The SMILES string of the molecule is COC(=O)c1sc(C)cc1N(C)CC1CCN(C(=O)OC(C)(C)C)CC1. The number of likely N-dealkylation sites (tertiary alicyclic amines) is 1. The van der Waals surface area contributed by atoms with Crippen LogP contribution in [0.1, 0.15) is 48.2 Å². The molecule has 1 fully saturated rings. The minimum Gasteiger partial charge on any atom is -0.465 e. The summed E-state index contributed by atoms with van der Waals surface area (Å²) in [6, 6.07) is 2.03. The number of carbonyl (C=O) groups is 2. The predicted molar refractivity (Wildman–Crippen MR) is 104 cm³/mol. The molecule has 2 rings (SSSR count). The van der Waals surface area contributed by atoms with Gasteiger partial charge < -0.3 is 19.3 Å². The van der Waals surface area contributed by atoms with Crippen molar-refractivity contribution in [1.82, 2.24) is 4.90 Å². The quantitative estimate of drug-likeness (QED) is 0.739. The predicted octanol–water partition coefficient (Wildman–Crippen LogP) is 3.93. The number of rotatable bonds is 4. The number of hydrogen-bond acceptors (Lipinski definition) is 6. The lowest BCUT2D eigenvalue weighted by Gasteiger charge is -2.35. The molecule has 0 aromatic carbocycles. The molecule has 7 heteroatoms. The molecular formula is C19H30N2O4S. The third-order valence-electron chi connectivity index (χ3n) is 4.42. The van der Waals surface area contributed by atoms with Crippen molar-refractivity contribution in [2.75, 3.05) is 38.7 Å². The van der Waals surface area contributed by atoms with Crippen LogP contribution in [-0.2, 0) is 9.47 Å². The van der Waals surface area contributed by atoms with Gasteiger partial charge in [-0.2, -0.15) is 0 Å². The second-order valence-corrected chi connectivity index (χ2v) is 9.11. The van der Waals surface area contributed by atoms with Gasteiger partial charge >= 0.3 is 12.1 Å². The van der Waals surface area contributed by atoms with Gasteiger partial charge in [0.25, 0.3) is 0 Å². The highest BCUT2D eigenvalue weighted by molar-refractivity contribution is 7.14. The van der Waals surface area contributed by atoms with Crippen molar-refractivity contribution in [1.29, 1.82) is 0 Å². The van der Waals surface area contributed by atoms with Crippen molar-refractivity contribution >= 4 is 29.1 Å². The first-order valence-corrected chi connectivity index (χ1v) is 9.80. The summed E-state index contributed by atoms with van der Waals surface area (Å²) in [5.41, 5.74) is 0.462. The average molecular weight is 383 g/mol. The fourth-order valence-corrected chi connectivity index (χ4v) is 4.11. The van der Waals surface area contributed by atoms with E-state index in [-0.39, 0.29) is 12.1 Å². The molecule has 0 aliphatic carbocycles. The van der Waals surface area contributed by atoms with E-state index in [1.807, 2.05) is 40.8 Å². The van der Waals surface area contributed by atoms with Crippen LogP contribution in [0, 0.1) is 12.8 Å². The van der Waals surface area contributed by atoms with Crippen LogP contribution >= 0.6 is 11.3 Å². The molecule has 1 aromatic rings. The summed E-state index contributed by atoms with van der Waals surface area (Å²) < 4.78 is 10.3. The molecule has 0 bridgehead atoms. The highest BCUT2D eigenvalue weighted by Gasteiger charge is 2.28. The molecule has 1 aliphatic heterocycles. The van der Waals surface area contributed by atoms with Crippen LogP contribution in [-0.4, -0.2) is 56.4 Å². The number of nitrogens with zero attached hydrogens (tertiary/aromatic N) is 2. The molecule has 2 heterocycles. The van der Waals surface area contributed by atoms with E-state index in [1.54, 1.807) is 4.90 Å². The van der Waals surface area contributed by atoms with Crippen molar-refractivity contribution < 1.29 is 19.1 Å². The molecule has 0 radical (unpaired) electrons. The summed E-state index contributed by atoms with van der Waals surface area (Å²) in [6.07, 6.45) is 1.63. The Morgan fingerprint density at radius 3 is 2.46 bits per heavy atom. The van der Waals surface area contributed by atoms with E-state index < -0.39 is 5.60 Å². The lowest BCUT2D eigenvalue weighted by atomic mass is 9.96. The summed E-state index contributed by atoms with van der Waals surface area (Å²) >= 11 is 1.46. The molecule has 0 unspecified atom stereocenters. The molecule has 1 amide bonds. The van der Waals surface area contributed by atoms with Crippen molar-refractivity contribution in [3.63, 3.8) is 0 Å². The number of anilines is 1. The van der Waals surface area contributed by atoms with Crippen LogP contribution < -0.4 is 4.90 Å². The van der Waals surface area contributed by atoms with Crippen LogP contribution in [0.15, 0.2) is 6.07 Å². The standard InChI is InChI=1S/C19H30N2O4S/c1-13-11-15(16(26-13)17(22)24-6)20(5)12-14-7-9-21(10-8-14)18(23)25-19(2,3)4/h11,14H,7-10,12H2,1-6H3. The van der Waals surface area contributed by atoms with E-state index in [1.165, 1.54) is 18.4 Å². The normalized spacial score (nSPS) is 15.7. The van der Waals surface area contributed by atoms with Gasteiger partial charge in [-0.05, 0) is 52.5 Å². The number of amides is 1. The number of hydrogen-bond donors (Lipinski definition) is 0. The zero-order valence-corrected chi connectivity index (χ0v) is 17.4. The van der Waals surface area contributed by atoms with Crippen molar-refractivity contribution in [3.8, 4) is 0 Å². The second-order valence-electron chi connectivity index (χ2n) is 7.85. The van der Waals surface area contributed by atoms with Crippen LogP contribution in [0.5, 0.6) is 0 Å². The van der Waals surface area contributed by atoms with E-state index in [0.717, 1.165) is 30.0 Å². The molecule has 1 aromatic heterocycles. The van der Waals surface area contributed by atoms with Gasteiger partial charge in [-0.3, -0.25) is 0 Å². The van der Waals surface area contributed by atoms with Gasteiger partial charge in [0, 0.05) is 31.6 Å². The Morgan fingerprint density at radius 2 is 1.92 bits per heavy atom. The number of ether oxygens (including phenoxy) is 2. The van der Waals surface area contributed by atoms with Crippen LogP contribution in [0.4, 0.5) is 10.5 Å². The molecule has 26 heavy (non-hydrogen) atoms. The summed E-state index contributed by atoms with van der Waals surface area (Å²) in [4.78, 5) is 29.8. The summed E-state index contributed by atoms with van der Waals surface area (Å²) in [5.74, 6) is 0.189. The third-order valence-corrected chi connectivity index (χ3v) is 5.44. The second kappa shape index (κ2) is 8.29. The molecule has 1 saturated heterocycles. The fraction of sp³-hybridized carbons (Fsp3) is 0.684. The molecule has 0 saturated carbocycles. The van der Waals surface area contributed by atoms with E-state index in [4.69, 9.17) is 9.47 Å². The van der Waals surface area contributed by atoms with E-state index in [0.29, 0.717) is 23.9 Å². The largest absolute Gasteiger partial charge is 0.465 e. The smallest absolute Gasteiger partial charge is 0.410 e. The van der Waals surface area contributed by atoms with Gasteiger partial charge in [0.1, 0.15) is 10.5 Å². The maximum atomic E-state index is 12.2. The van der Waals surface area contributed by atoms with Gasteiger partial charge in [-0.25, -0.2) is 9.59 Å². The number of aryl methyl sites for hydroxylation is 1. The number of esters is 1. The van der Waals surface area contributed by atoms with E-state index in [9.17, 15) is 9.59 Å². The Labute approximate surface area is 160 Å². The molecule has 0 atom stereocenters. The highest BCUT2D eigenvalue weighted by Crippen LogP contribution is 2.31. The first-order valence-electron chi connectivity index (χ1n) is 8.98. The summed E-state index contributed by atoms with van der Waals surface area (Å²) in [5, 5.41) is 0. The Balaban J connectivity index is 1.92. The molecular weight excluding hydrogens is 352 g/mol. The zero-order valence-electron chi connectivity index (χ0n) is 16.6. The topological polar surface area (TPSA) is 59.1 Å². The summed E-state index contributed by atoms with van der Waals surface area (Å²) in [7, 11) is 3.42. The number of carbonyl (C=O) groups excluding carboxylic acids is 2. The maximum absolute atomic E-state index is 12.2. The number of thiophene rings is 1. The maximum Gasteiger partial charge on any atom is 0.410 e. The molecule has 1 aliphatic rings. The molecule has 0 spiro atoms. The van der Waals surface area contributed by atoms with Gasteiger partial charge in [0.15, 0.2) is 0 Å². The first kappa shape index (κ1) is 20.6.